The molecular weight excluding hydrogens is 298 g/mol. The first-order chi connectivity index (χ1) is 8.11. The minimum absolute atomic E-state index is 0.761. The Hall–Kier alpha value is -0.860. The van der Waals surface area contributed by atoms with Gasteiger partial charge in [0.1, 0.15) is 0 Å². The number of pyridine rings is 1. The molecule has 1 heterocycles. The van der Waals surface area contributed by atoms with Crippen LogP contribution < -0.4 is 0 Å². The lowest BCUT2D eigenvalue weighted by atomic mass is 9.99. The van der Waals surface area contributed by atoms with Crippen LogP contribution in [0.1, 0.15) is 17.0 Å². The quantitative estimate of drug-likeness (QED) is 0.718. The monoisotopic (exact) mass is 309 g/mol. The summed E-state index contributed by atoms with van der Waals surface area (Å²) in [5, 5.41) is 1.57. The summed E-state index contributed by atoms with van der Waals surface area (Å²) in [5.41, 5.74) is 5.75. The highest BCUT2D eigenvalue weighted by Gasteiger charge is 2.09. The van der Waals surface area contributed by atoms with Crippen LogP contribution in [0.25, 0.3) is 11.1 Å². The molecule has 3 heteroatoms. The third-order valence-corrected chi connectivity index (χ3v) is 3.56. The lowest BCUT2D eigenvalue weighted by molar-refractivity contribution is 1.09. The van der Waals surface area contributed by atoms with Crippen molar-refractivity contribution in [1.82, 2.24) is 4.98 Å². The number of hydrogen-bond donors (Lipinski definition) is 0. The topological polar surface area (TPSA) is 12.9 Å². The largest absolute Gasteiger partial charge is 0.258 e. The summed E-state index contributed by atoms with van der Waals surface area (Å²) >= 11 is 9.44. The van der Waals surface area contributed by atoms with Crippen LogP contribution in [-0.2, 0) is 5.33 Å². The fraction of sp³-hybridized carbons (Fsp3) is 0.214. The van der Waals surface area contributed by atoms with Gasteiger partial charge in [-0.3, -0.25) is 4.98 Å². The van der Waals surface area contributed by atoms with E-state index in [-0.39, 0.29) is 0 Å². The predicted octanol–water partition coefficient (Wildman–Crippen LogP) is 4.91. The minimum atomic E-state index is 0.761. The fourth-order valence-corrected chi connectivity index (χ4v) is 2.74. The van der Waals surface area contributed by atoms with E-state index in [9.17, 15) is 0 Å². The zero-order valence-electron chi connectivity index (χ0n) is 9.80. The van der Waals surface area contributed by atoms with E-state index in [0.29, 0.717) is 0 Å². The highest BCUT2D eigenvalue weighted by atomic mass is 79.9. The Bertz CT molecular complexity index is 535. The van der Waals surface area contributed by atoms with E-state index >= 15 is 0 Å². The lowest BCUT2D eigenvalue weighted by Crippen LogP contribution is -1.96. The highest BCUT2D eigenvalue weighted by Crippen LogP contribution is 2.28. The summed E-state index contributed by atoms with van der Waals surface area (Å²) in [6, 6.07) is 10.0. The molecule has 0 atom stereocenters. The lowest BCUT2D eigenvalue weighted by Gasteiger charge is -2.11. The summed E-state index contributed by atoms with van der Waals surface area (Å²) in [6.07, 6.45) is 0. The van der Waals surface area contributed by atoms with Crippen molar-refractivity contribution >= 4 is 27.5 Å². The van der Waals surface area contributed by atoms with Crippen molar-refractivity contribution in [2.45, 2.75) is 19.2 Å². The van der Waals surface area contributed by atoms with Crippen molar-refractivity contribution in [3.8, 4) is 11.1 Å². The molecular formula is C14H13BrClN. The molecule has 0 saturated heterocycles. The second kappa shape index (κ2) is 5.19. The maximum Gasteiger partial charge on any atom is 0.0422 e. The van der Waals surface area contributed by atoms with Crippen molar-refractivity contribution in [3.63, 3.8) is 0 Å². The first kappa shape index (κ1) is 12.6. The molecule has 0 bridgehead atoms. The normalized spacial score (nSPS) is 10.6. The summed E-state index contributed by atoms with van der Waals surface area (Å²) in [5.74, 6) is 0. The summed E-state index contributed by atoms with van der Waals surface area (Å²) in [4.78, 5) is 4.49. The summed E-state index contributed by atoms with van der Waals surface area (Å²) in [7, 11) is 0. The number of aromatic nitrogens is 1. The molecule has 0 saturated carbocycles. The molecule has 0 aliphatic heterocycles. The van der Waals surface area contributed by atoms with E-state index in [1.54, 1.807) is 0 Å². The summed E-state index contributed by atoms with van der Waals surface area (Å²) in [6.45, 7) is 4.06. The number of aryl methyl sites for hydroxylation is 2. The zero-order valence-corrected chi connectivity index (χ0v) is 12.1. The Balaban J connectivity index is 2.61. The van der Waals surface area contributed by atoms with Gasteiger partial charge in [-0.05, 0) is 48.7 Å². The van der Waals surface area contributed by atoms with Crippen LogP contribution in [0.4, 0.5) is 0 Å². The molecule has 0 unspecified atom stereocenters. The van der Waals surface area contributed by atoms with E-state index < -0.39 is 0 Å². The second-order valence-electron chi connectivity index (χ2n) is 4.02. The van der Waals surface area contributed by atoms with Crippen LogP contribution in [0, 0.1) is 13.8 Å². The minimum Gasteiger partial charge on any atom is -0.258 e. The molecule has 0 aliphatic rings. The van der Waals surface area contributed by atoms with Crippen LogP contribution in [0.5, 0.6) is 0 Å². The van der Waals surface area contributed by atoms with Crippen molar-refractivity contribution < 1.29 is 0 Å². The van der Waals surface area contributed by atoms with Gasteiger partial charge in [0.15, 0.2) is 0 Å². The molecule has 2 rings (SSSR count). The third kappa shape index (κ3) is 2.70. The van der Waals surface area contributed by atoms with Gasteiger partial charge >= 0.3 is 0 Å². The number of benzene rings is 1. The molecule has 1 aromatic carbocycles. The molecule has 0 amide bonds. The number of nitrogens with zero attached hydrogens (tertiary/aromatic N) is 1. The number of rotatable bonds is 2. The van der Waals surface area contributed by atoms with E-state index in [1.165, 1.54) is 16.7 Å². The molecule has 2 aromatic rings. The van der Waals surface area contributed by atoms with Gasteiger partial charge in [-0.2, -0.15) is 0 Å². The highest BCUT2D eigenvalue weighted by molar-refractivity contribution is 9.08. The maximum atomic E-state index is 5.91. The van der Waals surface area contributed by atoms with Gasteiger partial charge in [-0.15, -0.1) is 0 Å². The van der Waals surface area contributed by atoms with Crippen molar-refractivity contribution in [1.29, 1.82) is 0 Å². The van der Waals surface area contributed by atoms with Crippen LogP contribution >= 0.6 is 27.5 Å². The van der Waals surface area contributed by atoms with E-state index in [0.717, 1.165) is 21.7 Å². The Morgan fingerprint density at radius 2 is 1.82 bits per heavy atom. The average molecular weight is 311 g/mol. The van der Waals surface area contributed by atoms with E-state index in [1.807, 2.05) is 38.1 Å². The fourth-order valence-electron chi connectivity index (χ4n) is 1.91. The van der Waals surface area contributed by atoms with Gasteiger partial charge in [-0.25, -0.2) is 0 Å². The molecule has 1 nitrogen and oxygen atoms in total. The molecule has 0 radical (unpaired) electrons. The Morgan fingerprint density at radius 3 is 2.41 bits per heavy atom. The van der Waals surface area contributed by atoms with Crippen molar-refractivity contribution in [2.75, 3.05) is 0 Å². The standard InChI is InChI=1S/C14H13BrClN/c1-9-7-13(14(8-15)10(2)17-9)11-3-5-12(16)6-4-11/h3-7H,8H2,1-2H3. The Morgan fingerprint density at radius 1 is 1.18 bits per heavy atom. The van der Waals surface area contributed by atoms with Crippen LogP contribution in [0.2, 0.25) is 5.02 Å². The number of alkyl halides is 1. The Kier molecular flexibility index (Phi) is 3.85. The predicted molar refractivity (Wildman–Crippen MR) is 76.8 cm³/mol. The zero-order chi connectivity index (χ0) is 12.4. The van der Waals surface area contributed by atoms with Gasteiger partial charge in [-0.1, -0.05) is 39.7 Å². The molecule has 0 fully saturated rings. The first-order valence-electron chi connectivity index (χ1n) is 5.41. The summed E-state index contributed by atoms with van der Waals surface area (Å²) < 4.78 is 0. The second-order valence-corrected chi connectivity index (χ2v) is 5.01. The molecule has 0 aliphatic carbocycles. The average Bonchev–Trinajstić information content (AvgIpc) is 2.29. The maximum absolute atomic E-state index is 5.91. The van der Waals surface area contributed by atoms with E-state index in [4.69, 9.17) is 11.6 Å². The van der Waals surface area contributed by atoms with Crippen molar-refractivity contribution in [3.05, 3.63) is 52.3 Å². The smallest absolute Gasteiger partial charge is 0.0422 e. The van der Waals surface area contributed by atoms with Gasteiger partial charge in [0.2, 0.25) is 0 Å². The van der Waals surface area contributed by atoms with Gasteiger partial charge in [0.25, 0.3) is 0 Å². The Labute approximate surface area is 115 Å². The van der Waals surface area contributed by atoms with Gasteiger partial charge in [0, 0.05) is 21.7 Å². The number of halogens is 2. The van der Waals surface area contributed by atoms with Crippen molar-refractivity contribution in [2.24, 2.45) is 0 Å². The third-order valence-electron chi connectivity index (χ3n) is 2.75. The molecule has 88 valence electrons. The SMILES string of the molecule is Cc1cc(-c2ccc(Cl)cc2)c(CBr)c(C)n1. The van der Waals surface area contributed by atoms with Gasteiger partial charge in [0.05, 0.1) is 0 Å². The number of hydrogen-bond acceptors (Lipinski definition) is 1. The molecule has 17 heavy (non-hydrogen) atoms. The van der Waals surface area contributed by atoms with E-state index in [2.05, 4.69) is 27.0 Å². The van der Waals surface area contributed by atoms with Crippen LogP contribution in [0.3, 0.4) is 0 Å². The molecule has 0 N–H and O–H groups in total. The molecule has 0 spiro atoms. The first-order valence-corrected chi connectivity index (χ1v) is 6.91. The van der Waals surface area contributed by atoms with Crippen LogP contribution in [0.15, 0.2) is 30.3 Å². The van der Waals surface area contributed by atoms with Crippen LogP contribution in [-0.4, -0.2) is 4.98 Å². The van der Waals surface area contributed by atoms with Gasteiger partial charge < -0.3 is 0 Å². The molecule has 1 aromatic heterocycles.